The number of esters is 1. The molecule has 420 valence electrons. The number of benzene rings is 3. The molecular weight excluding hydrogens is 992 g/mol. The van der Waals surface area contributed by atoms with E-state index in [0.29, 0.717) is 37.4 Å². The van der Waals surface area contributed by atoms with E-state index in [4.69, 9.17) is 48.9 Å². The second kappa shape index (κ2) is 34.0. The Labute approximate surface area is 453 Å². The Hall–Kier alpha value is -5.02. The van der Waals surface area contributed by atoms with Gasteiger partial charge in [-0.2, -0.15) is 0 Å². The van der Waals surface area contributed by atoms with Crippen molar-refractivity contribution in [2.24, 2.45) is 11.8 Å². The van der Waals surface area contributed by atoms with Crippen LogP contribution in [0.2, 0.25) is 0 Å². The predicted molar refractivity (Wildman–Crippen MR) is 292 cm³/mol. The van der Waals surface area contributed by atoms with Gasteiger partial charge in [0.25, 0.3) is 8.53 Å². The van der Waals surface area contributed by atoms with Crippen LogP contribution in [0.15, 0.2) is 78.9 Å². The number of unbranched alkanes of at least 4 members (excludes halogenated alkanes) is 5. The average molecular weight is 1080 g/mol. The monoisotopic (exact) mass is 1080 g/mol. The van der Waals surface area contributed by atoms with Gasteiger partial charge in [0.1, 0.15) is 36.1 Å². The molecule has 0 saturated carbocycles. The highest BCUT2D eigenvalue weighted by Crippen LogP contribution is 2.46. The lowest BCUT2D eigenvalue weighted by molar-refractivity contribution is -0.244. The molecule has 0 aromatic heterocycles. The third-order valence-corrected chi connectivity index (χ3v) is 15.5. The third-order valence-electron chi connectivity index (χ3n) is 13.5. The summed E-state index contributed by atoms with van der Waals surface area (Å²) in [6.45, 7) is 23.1. The van der Waals surface area contributed by atoms with Gasteiger partial charge in [-0.15, -0.1) is 0 Å². The highest BCUT2D eigenvalue weighted by molar-refractivity contribution is 7.44. The third kappa shape index (κ3) is 20.1. The first-order valence-corrected chi connectivity index (χ1v) is 28.0. The van der Waals surface area contributed by atoms with Crippen LogP contribution in [0.5, 0.6) is 11.5 Å². The highest BCUT2D eigenvalue weighted by Gasteiger charge is 2.43. The molecule has 18 heteroatoms. The van der Waals surface area contributed by atoms with Crippen LogP contribution in [0, 0.1) is 18.4 Å². The number of hydrogen-bond donors (Lipinski definition) is 1. The van der Waals surface area contributed by atoms with Crippen LogP contribution in [0.4, 0.5) is 0 Å². The summed E-state index contributed by atoms with van der Waals surface area (Å²) in [5.74, 6) is 0.864. The van der Waals surface area contributed by atoms with E-state index < -0.39 is 20.4 Å². The lowest BCUT2D eigenvalue weighted by Gasteiger charge is -2.44. The summed E-state index contributed by atoms with van der Waals surface area (Å²) in [4.78, 5) is 60.2. The molecule has 1 saturated heterocycles. The number of carbonyl (C=O) groups is 4. The molecule has 4 rings (SSSR count). The summed E-state index contributed by atoms with van der Waals surface area (Å²) in [7, 11) is 1.63. The topological polar surface area (TPSA) is 174 Å². The number of Topliss-reactive ketones (excluding diaryl/α,β-unsaturated/α-hetero) is 1. The fraction of sp³-hybridized carbons (Fsp3) is 0.603. The number of ether oxygens (including phenoxy) is 6. The summed E-state index contributed by atoms with van der Waals surface area (Å²) in [6, 6.07) is 25.3. The van der Waals surface area contributed by atoms with Gasteiger partial charge in [-0.1, -0.05) is 87.7 Å². The molecule has 17 nitrogen and oxygen atoms in total. The second-order valence-corrected chi connectivity index (χ2v) is 21.1. The van der Waals surface area contributed by atoms with E-state index in [2.05, 4.69) is 42.5 Å². The maximum Gasteiger partial charge on any atom is 0.302 e. The zero-order valence-corrected chi connectivity index (χ0v) is 47.6. The quantitative estimate of drug-likeness (QED) is 0.0111. The van der Waals surface area contributed by atoms with Gasteiger partial charge in [0.2, 0.25) is 18.4 Å². The first kappa shape index (κ1) is 63.5. The van der Waals surface area contributed by atoms with Crippen molar-refractivity contribution in [1.29, 1.82) is 0 Å². The molecule has 0 aliphatic carbocycles. The Balaban J connectivity index is 1.36. The number of methoxy groups -OCH3 is 2. The normalized spacial score (nSPS) is 18.0. The van der Waals surface area contributed by atoms with Gasteiger partial charge in [-0.3, -0.25) is 23.7 Å². The van der Waals surface area contributed by atoms with Gasteiger partial charge >= 0.3 is 5.97 Å². The molecule has 2 amide bonds. The molecule has 6 unspecified atom stereocenters. The molecule has 3 aromatic carbocycles. The lowest BCUT2D eigenvalue weighted by atomic mass is 9.80. The van der Waals surface area contributed by atoms with Gasteiger partial charge in [0.15, 0.2) is 13.1 Å². The molecular formula is C58H85N4O13P. The van der Waals surface area contributed by atoms with Crippen molar-refractivity contribution in [3.63, 3.8) is 0 Å². The van der Waals surface area contributed by atoms with Gasteiger partial charge in [-0.25, -0.2) is 21.1 Å². The molecule has 3 aromatic rings. The Morgan fingerprint density at radius 3 is 1.83 bits per heavy atom. The molecule has 76 heavy (non-hydrogen) atoms. The minimum atomic E-state index is -1.63. The molecule has 0 spiro atoms. The van der Waals surface area contributed by atoms with Crippen molar-refractivity contribution in [2.75, 3.05) is 60.5 Å². The molecule has 1 N–H and O–H groups in total. The van der Waals surface area contributed by atoms with E-state index in [1.807, 2.05) is 92.7 Å². The van der Waals surface area contributed by atoms with Gasteiger partial charge in [-0.05, 0) is 106 Å². The summed E-state index contributed by atoms with van der Waals surface area (Å²) in [5.41, 5.74) is 1.46. The number of nitrogens with zero attached hydrogens (tertiary/aromatic N) is 3. The fourth-order valence-electron chi connectivity index (χ4n) is 9.32. The van der Waals surface area contributed by atoms with E-state index in [-0.39, 0.29) is 106 Å². The second-order valence-electron chi connectivity index (χ2n) is 19.7. The summed E-state index contributed by atoms with van der Waals surface area (Å²) in [5, 5.41) is 4.29. The number of rotatable bonds is 36. The van der Waals surface area contributed by atoms with Crippen LogP contribution in [0.3, 0.4) is 0 Å². The minimum Gasteiger partial charge on any atom is -0.497 e. The largest absolute Gasteiger partial charge is 0.497 e. The summed E-state index contributed by atoms with van der Waals surface area (Å²) in [6.07, 6.45) is 5.23. The van der Waals surface area contributed by atoms with Crippen LogP contribution in [0.25, 0.3) is 4.85 Å². The van der Waals surface area contributed by atoms with Crippen molar-refractivity contribution in [3.8, 4) is 11.5 Å². The Morgan fingerprint density at radius 1 is 0.724 bits per heavy atom. The standard InChI is InChI=1S/C58H85N4O13P/c1-42(2)62(43(3)4)76(73-38-35-59-9)74-41-72-61(36-39-71-58(48-22-16-14-17-23-48,49-27-31-52(67-10)32-28-49)50-29-33-53(68-11)34-30-50)55(66)26-20-13-12-18-24-51(65)25-19-15-21-37-69-57-56(60-46(7)63)45(6)44(5)54(75-57)40-70-47(8)64/h14,16-17,22-23,27-34,42-45,54,56-57H,12-13,15,18-21,24-26,35-41H2,1-8,10-11H3,(H,60,63). The Kier molecular flexibility index (Phi) is 28.4. The molecule has 0 radical (unpaired) electrons. The molecule has 6 atom stereocenters. The van der Waals surface area contributed by atoms with Crippen molar-refractivity contribution in [3.05, 3.63) is 107 Å². The molecule has 0 bridgehead atoms. The van der Waals surface area contributed by atoms with Crippen molar-refractivity contribution in [2.45, 2.75) is 156 Å². The van der Waals surface area contributed by atoms with Crippen LogP contribution in [0.1, 0.15) is 136 Å². The number of ketones is 1. The predicted octanol–water partition coefficient (Wildman–Crippen LogP) is 10.6. The molecule has 1 heterocycles. The van der Waals surface area contributed by atoms with Crippen molar-refractivity contribution in [1.82, 2.24) is 15.1 Å². The number of nitrogens with one attached hydrogen (secondary N) is 1. The molecule has 1 aliphatic rings. The summed E-state index contributed by atoms with van der Waals surface area (Å²) >= 11 is 0. The van der Waals surface area contributed by atoms with E-state index in [9.17, 15) is 19.2 Å². The zero-order chi connectivity index (χ0) is 55.5. The number of hydroxylamine groups is 2. The fourth-order valence-corrected chi connectivity index (χ4v) is 10.8. The number of amides is 2. The zero-order valence-electron chi connectivity index (χ0n) is 46.7. The number of carbonyl (C=O) groups excluding carboxylic acids is 4. The SMILES string of the molecule is [C-]#[N+]CCOP(OCON(CCOC(c1ccccc1)(c1ccc(OC)cc1)c1ccc(OC)cc1)C(=O)CCCCCCC(=O)CCCCCOC1OC(COC(C)=O)C(C)C(C)C1NC(C)=O)N(C(C)C)C(C)C. The van der Waals surface area contributed by atoms with Gasteiger partial charge in [0, 0.05) is 51.8 Å². The minimum absolute atomic E-state index is 0.0256. The van der Waals surface area contributed by atoms with E-state index in [0.717, 1.165) is 55.2 Å². The average Bonchev–Trinajstić information content (AvgIpc) is 3.41. The van der Waals surface area contributed by atoms with Crippen molar-refractivity contribution < 1.29 is 61.5 Å². The maximum atomic E-state index is 14.1. The molecule has 1 fully saturated rings. The first-order chi connectivity index (χ1) is 36.6. The Morgan fingerprint density at radius 2 is 1.29 bits per heavy atom. The van der Waals surface area contributed by atoms with E-state index >= 15 is 0 Å². The van der Waals surface area contributed by atoms with Crippen LogP contribution in [-0.4, -0.2) is 124 Å². The highest BCUT2D eigenvalue weighted by atomic mass is 31.2. The van der Waals surface area contributed by atoms with Crippen LogP contribution >= 0.6 is 8.53 Å². The smallest absolute Gasteiger partial charge is 0.302 e. The lowest BCUT2D eigenvalue weighted by Crippen LogP contribution is -2.58. The van der Waals surface area contributed by atoms with Crippen molar-refractivity contribution >= 4 is 32.1 Å². The summed E-state index contributed by atoms with van der Waals surface area (Å²) < 4.78 is 50.1. The van der Waals surface area contributed by atoms with Crippen LogP contribution < -0.4 is 14.8 Å². The first-order valence-electron chi connectivity index (χ1n) is 26.8. The Bertz CT molecular complexity index is 2150. The number of hydrogen-bond acceptors (Lipinski definition) is 14. The maximum absolute atomic E-state index is 14.1. The van der Waals surface area contributed by atoms with Gasteiger partial charge < -0.3 is 43.1 Å². The molecule has 1 aliphatic heterocycles. The van der Waals surface area contributed by atoms with E-state index in [1.54, 1.807) is 14.2 Å². The van der Waals surface area contributed by atoms with Gasteiger partial charge in [0.05, 0.1) is 39.5 Å². The van der Waals surface area contributed by atoms with E-state index in [1.165, 1.54) is 18.9 Å². The van der Waals surface area contributed by atoms with Crippen LogP contribution in [-0.2, 0) is 57.6 Å².